The molecule has 0 radical (unpaired) electrons. The normalized spacial score (nSPS) is 17.2. The molecule has 3 heteroatoms. The maximum Gasteiger partial charge on any atom is 0.175 e. The fourth-order valence-corrected chi connectivity index (χ4v) is 3.43. The molecule has 1 aliphatic rings. The summed E-state index contributed by atoms with van der Waals surface area (Å²) in [4.78, 5) is 0.525. The zero-order chi connectivity index (χ0) is 12.6. The first-order valence-corrected chi connectivity index (χ1v) is 8.12. The van der Waals surface area contributed by atoms with E-state index in [0.29, 0.717) is 10.8 Å². The lowest BCUT2D eigenvalue weighted by atomic mass is 9.79. The minimum atomic E-state index is -3.12. The van der Waals surface area contributed by atoms with Gasteiger partial charge < -0.3 is 0 Å². The van der Waals surface area contributed by atoms with Crippen LogP contribution >= 0.6 is 0 Å². The van der Waals surface area contributed by atoms with Gasteiger partial charge in [-0.1, -0.05) is 32.4 Å². The SMILES string of the molecule is CC(C)c1ccc(C2CCC2)cc1S(C)(=O)=O. The molecule has 0 saturated heterocycles. The summed E-state index contributed by atoms with van der Waals surface area (Å²) in [5, 5.41) is 0. The monoisotopic (exact) mass is 252 g/mol. The molecule has 0 N–H and O–H groups in total. The Morgan fingerprint density at radius 2 is 1.88 bits per heavy atom. The third-order valence-electron chi connectivity index (χ3n) is 3.64. The van der Waals surface area contributed by atoms with E-state index in [1.54, 1.807) is 0 Å². The largest absolute Gasteiger partial charge is 0.224 e. The Morgan fingerprint density at radius 1 is 1.24 bits per heavy atom. The van der Waals surface area contributed by atoms with E-state index in [4.69, 9.17) is 0 Å². The lowest BCUT2D eigenvalue weighted by Gasteiger charge is -2.27. The smallest absolute Gasteiger partial charge is 0.175 e. The second-order valence-corrected chi connectivity index (χ2v) is 7.34. The molecule has 0 heterocycles. The summed E-state index contributed by atoms with van der Waals surface area (Å²) in [5.41, 5.74) is 2.14. The molecule has 0 amide bonds. The van der Waals surface area contributed by atoms with E-state index in [9.17, 15) is 8.42 Å². The third-order valence-corrected chi connectivity index (χ3v) is 4.79. The molecule has 1 aliphatic carbocycles. The highest BCUT2D eigenvalue weighted by Gasteiger charge is 2.23. The average molecular weight is 252 g/mol. The van der Waals surface area contributed by atoms with E-state index < -0.39 is 9.84 Å². The molecule has 0 atom stereocenters. The van der Waals surface area contributed by atoms with Crippen LogP contribution in [0.5, 0.6) is 0 Å². The van der Waals surface area contributed by atoms with Gasteiger partial charge in [0.1, 0.15) is 0 Å². The lowest BCUT2D eigenvalue weighted by molar-refractivity contribution is 0.419. The van der Waals surface area contributed by atoms with Crippen LogP contribution in [0, 0.1) is 0 Å². The van der Waals surface area contributed by atoms with E-state index in [1.807, 2.05) is 26.0 Å². The van der Waals surface area contributed by atoms with Gasteiger partial charge in [0.15, 0.2) is 9.84 Å². The molecule has 17 heavy (non-hydrogen) atoms. The van der Waals surface area contributed by atoms with Crippen LogP contribution in [-0.2, 0) is 9.84 Å². The zero-order valence-corrected chi connectivity index (χ0v) is 11.5. The first-order valence-electron chi connectivity index (χ1n) is 6.23. The first-order chi connectivity index (χ1) is 7.89. The van der Waals surface area contributed by atoms with Gasteiger partial charge in [-0.05, 0) is 41.9 Å². The molecule has 2 rings (SSSR count). The van der Waals surface area contributed by atoms with Crippen LogP contribution in [0.15, 0.2) is 23.1 Å². The van der Waals surface area contributed by atoms with E-state index in [2.05, 4.69) is 6.07 Å². The number of benzene rings is 1. The lowest BCUT2D eigenvalue weighted by Crippen LogP contribution is -2.11. The van der Waals surface area contributed by atoms with Crippen molar-refractivity contribution in [2.75, 3.05) is 6.26 Å². The Hall–Kier alpha value is -0.830. The van der Waals surface area contributed by atoms with Crippen LogP contribution in [0.1, 0.15) is 56.1 Å². The quantitative estimate of drug-likeness (QED) is 0.825. The summed E-state index contributed by atoms with van der Waals surface area (Å²) in [6.45, 7) is 4.07. The van der Waals surface area contributed by atoms with Crippen molar-refractivity contribution in [3.8, 4) is 0 Å². The van der Waals surface area contributed by atoms with E-state index >= 15 is 0 Å². The Balaban J connectivity index is 2.50. The van der Waals surface area contributed by atoms with Crippen molar-refractivity contribution in [1.29, 1.82) is 0 Å². The highest BCUT2D eigenvalue weighted by atomic mass is 32.2. The molecular formula is C14H20O2S. The first kappa shape index (κ1) is 12.6. The predicted octanol–water partition coefficient (Wildman–Crippen LogP) is 3.48. The van der Waals surface area contributed by atoms with Crippen LogP contribution in [0.3, 0.4) is 0 Å². The summed E-state index contributed by atoms with van der Waals surface area (Å²) in [6, 6.07) is 6.00. The summed E-state index contributed by atoms with van der Waals surface area (Å²) < 4.78 is 23.7. The summed E-state index contributed by atoms with van der Waals surface area (Å²) in [6.07, 6.45) is 4.97. The second-order valence-electron chi connectivity index (χ2n) is 5.35. The van der Waals surface area contributed by atoms with Gasteiger partial charge in [0.25, 0.3) is 0 Å². The molecule has 0 unspecified atom stereocenters. The topological polar surface area (TPSA) is 34.1 Å². The summed E-state index contributed by atoms with van der Waals surface area (Å²) in [7, 11) is -3.12. The molecule has 0 aromatic heterocycles. The van der Waals surface area contributed by atoms with Crippen molar-refractivity contribution in [3.05, 3.63) is 29.3 Å². The number of hydrogen-bond donors (Lipinski definition) is 0. The van der Waals surface area contributed by atoms with Gasteiger partial charge >= 0.3 is 0 Å². The summed E-state index contributed by atoms with van der Waals surface area (Å²) in [5.74, 6) is 0.826. The van der Waals surface area contributed by atoms with Gasteiger partial charge in [-0.15, -0.1) is 0 Å². The van der Waals surface area contributed by atoms with Crippen molar-refractivity contribution < 1.29 is 8.42 Å². The minimum absolute atomic E-state index is 0.246. The van der Waals surface area contributed by atoms with Crippen LogP contribution < -0.4 is 0 Å². The van der Waals surface area contributed by atoms with Crippen LogP contribution in [0.4, 0.5) is 0 Å². The molecule has 94 valence electrons. The maximum absolute atomic E-state index is 11.8. The van der Waals surface area contributed by atoms with Crippen molar-refractivity contribution >= 4 is 9.84 Å². The number of hydrogen-bond acceptors (Lipinski definition) is 2. The van der Waals surface area contributed by atoms with Crippen LogP contribution in [0.2, 0.25) is 0 Å². The Labute approximate surface area is 104 Å². The van der Waals surface area contributed by atoms with Gasteiger partial charge in [-0.2, -0.15) is 0 Å². The molecule has 1 fully saturated rings. The Kier molecular flexibility index (Phi) is 3.30. The maximum atomic E-state index is 11.8. The second kappa shape index (κ2) is 4.45. The van der Waals surface area contributed by atoms with Crippen LogP contribution in [-0.4, -0.2) is 14.7 Å². The molecule has 0 spiro atoms. The van der Waals surface area contributed by atoms with Gasteiger partial charge in [0.05, 0.1) is 4.90 Å². The third kappa shape index (κ3) is 2.54. The highest BCUT2D eigenvalue weighted by Crippen LogP contribution is 2.38. The fraction of sp³-hybridized carbons (Fsp3) is 0.571. The zero-order valence-electron chi connectivity index (χ0n) is 10.7. The van der Waals surface area contributed by atoms with Crippen molar-refractivity contribution in [1.82, 2.24) is 0 Å². The highest BCUT2D eigenvalue weighted by molar-refractivity contribution is 7.90. The Morgan fingerprint density at radius 3 is 2.29 bits per heavy atom. The van der Waals surface area contributed by atoms with E-state index in [0.717, 1.165) is 5.56 Å². The summed E-state index contributed by atoms with van der Waals surface area (Å²) >= 11 is 0. The van der Waals surface area contributed by atoms with E-state index in [1.165, 1.54) is 31.1 Å². The minimum Gasteiger partial charge on any atom is -0.224 e. The average Bonchev–Trinajstić information content (AvgIpc) is 2.13. The van der Waals surface area contributed by atoms with Crippen LogP contribution in [0.25, 0.3) is 0 Å². The molecule has 0 aliphatic heterocycles. The standard InChI is InChI=1S/C14H20O2S/c1-10(2)13-8-7-12(11-5-4-6-11)9-14(13)17(3,15)16/h7-11H,4-6H2,1-3H3. The van der Waals surface area contributed by atoms with Gasteiger partial charge in [-0.25, -0.2) is 8.42 Å². The number of sulfone groups is 1. The number of rotatable bonds is 3. The Bertz CT molecular complexity index is 511. The molecule has 1 aromatic rings. The molecule has 1 saturated carbocycles. The molecule has 1 aromatic carbocycles. The van der Waals surface area contributed by atoms with Gasteiger partial charge in [-0.3, -0.25) is 0 Å². The van der Waals surface area contributed by atoms with Crippen molar-refractivity contribution in [2.45, 2.75) is 49.8 Å². The molecule has 0 bridgehead atoms. The predicted molar refractivity (Wildman–Crippen MR) is 70.2 cm³/mol. The molecular weight excluding hydrogens is 232 g/mol. The van der Waals surface area contributed by atoms with Gasteiger partial charge in [0, 0.05) is 6.26 Å². The van der Waals surface area contributed by atoms with Gasteiger partial charge in [0.2, 0.25) is 0 Å². The fourth-order valence-electron chi connectivity index (χ4n) is 2.34. The molecule has 2 nitrogen and oxygen atoms in total. The van der Waals surface area contributed by atoms with Crippen molar-refractivity contribution in [3.63, 3.8) is 0 Å². The van der Waals surface area contributed by atoms with E-state index in [-0.39, 0.29) is 5.92 Å². The van der Waals surface area contributed by atoms with Crippen molar-refractivity contribution in [2.24, 2.45) is 0 Å².